The van der Waals surface area contributed by atoms with Crippen molar-refractivity contribution in [2.45, 2.75) is 6.92 Å². The van der Waals surface area contributed by atoms with Gasteiger partial charge in [-0.1, -0.05) is 6.08 Å². The molecule has 0 saturated carbocycles. The normalized spacial score (nSPS) is 11.7. The van der Waals surface area contributed by atoms with Gasteiger partial charge in [-0.3, -0.25) is 0 Å². The molecule has 0 aromatic carbocycles. The molecule has 0 spiro atoms. The quantitative estimate of drug-likeness (QED) is 0.457. The lowest BCUT2D eigenvalue weighted by atomic mass is 10.4. The van der Waals surface area contributed by atoms with E-state index in [0.29, 0.717) is 0 Å². The zero-order valence-corrected chi connectivity index (χ0v) is 7.01. The third-order valence-corrected chi connectivity index (χ3v) is 1.11. The summed E-state index contributed by atoms with van der Waals surface area (Å²) in [5.41, 5.74) is 0.854. The average Bonchev–Trinajstić information content (AvgIpc) is 2.06. The number of hydrogen-bond acceptors (Lipinski definition) is 3. The lowest BCUT2D eigenvalue weighted by molar-refractivity contribution is 0.393. The van der Waals surface area contributed by atoms with E-state index in [1.54, 1.807) is 7.05 Å². The molecular formula is C7H13N3O. The lowest BCUT2D eigenvalue weighted by Crippen LogP contribution is -2.07. The molecule has 0 bridgehead atoms. The molecule has 0 saturated heterocycles. The van der Waals surface area contributed by atoms with E-state index in [1.807, 2.05) is 13.0 Å². The predicted molar refractivity (Wildman–Crippen MR) is 46.0 cm³/mol. The molecule has 0 aromatic heterocycles. The fourth-order valence-electron chi connectivity index (χ4n) is 0.464. The van der Waals surface area contributed by atoms with Gasteiger partial charge < -0.3 is 10.1 Å². The van der Waals surface area contributed by atoms with Gasteiger partial charge in [0.05, 0.1) is 13.3 Å². The second-order valence-corrected chi connectivity index (χ2v) is 1.76. The summed E-state index contributed by atoms with van der Waals surface area (Å²) in [5, 5.41) is 9.90. The Morgan fingerprint density at radius 1 is 1.64 bits per heavy atom. The maximum atomic E-state index is 7.01. The number of rotatable bonds is 2. The van der Waals surface area contributed by atoms with Gasteiger partial charge in [-0.25, -0.2) is 10.4 Å². The van der Waals surface area contributed by atoms with E-state index in [2.05, 4.69) is 15.0 Å². The fraction of sp³-hybridized carbons (Fsp3) is 0.429. The van der Waals surface area contributed by atoms with Crippen LogP contribution in [0.4, 0.5) is 0 Å². The minimum Gasteiger partial charge on any atom is -0.467 e. The highest BCUT2D eigenvalue weighted by atomic mass is 16.5. The first-order valence-corrected chi connectivity index (χ1v) is 3.25. The van der Waals surface area contributed by atoms with E-state index in [9.17, 15) is 0 Å². The van der Waals surface area contributed by atoms with Crippen LogP contribution < -0.4 is 5.32 Å². The van der Waals surface area contributed by atoms with Crippen LogP contribution in [0.1, 0.15) is 6.92 Å². The van der Waals surface area contributed by atoms with Crippen molar-refractivity contribution in [1.29, 1.82) is 5.41 Å². The van der Waals surface area contributed by atoms with Crippen molar-refractivity contribution in [3.63, 3.8) is 0 Å². The highest BCUT2D eigenvalue weighted by Crippen LogP contribution is 1.83. The Morgan fingerprint density at radius 3 is 2.64 bits per heavy atom. The Hall–Kier alpha value is -1.32. The molecule has 0 aromatic rings. The van der Waals surface area contributed by atoms with Gasteiger partial charge in [0, 0.05) is 12.7 Å². The minimum absolute atomic E-state index is 0.0976. The van der Waals surface area contributed by atoms with E-state index in [0.717, 1.165) is 5.70 Å². The Kier molecular flexibility index (Phi) is 4.81. The van der Waals surface area contributed by atoms with Gasteiger partial charge in [0.2, 0.25) is 0 Å². The van der Waals surface area contributed by atoms with Crippen LogP contribution in [0.15, 0.2) is 16.8 Å². The topological polar surface area (TPSA) is 57.5 Å². The zero-order valence-electron chi connectivity index (χ0n) is 7.01. The molecule has 2 N–H and O–H groups in total. The van der Waals surface area contributed by atoms with Crippen LogP contribution >= 0.6 is 0 Å². The smallest absolute Gasteiger partial charge is 0.308 e. The molecule has 4 nitrogen and oxygen atoms in total. The number of methoxy groups -OCH3 is 1. The number of aliphatic imine (C=N–C) groups is 1. The second kappa shape index (κ2) is 5.46. The van der Waals surface area contributed by atoms with Crippen LogP contribution in [0.5, 0.6) is 0 Å². The molecule has 0 aliphatic heterocycles. The molecule has 0 aliphatic carbocycles. The van der Waals surface area contributed by atoms with Crippen molar-refractivity contribution < 1.29 is 4.74 Å². The van der Waals surface area contributed by atoms with Crippen LogP contribution in [-0.4, -0.2) is 26.4 Å². The van der Waals surface area contributed by atoms with Crippen LogP contribution in [0.3, 0.4) is 0 Å². The van der Waals surface area contributed by atoms with Crippen LogP contribution in [-0.2, 0) is 4.74 Å². The third kappa shape index (κ3) is 4.13. The Balaban J connectivity index is 4.00. The molecule has 11 heavy (non-hydrogen) atoms. The van der Waals surface area contributed by atoms with E-state index < -0.39 is 0 Å². The molecule has 0 fully saturated rings. The number of hydrogen-bond donors (Lipinski definition) is 2. The summed E-state index contributed by atoms with van der Waals surface area (Å²) < 4.78 is 4.52. The van der Waals surface area contributed by atoms with Gasteiger partial charge in [0.25, 0.3) is 0 Å². The highest BCUT2D eigenvalue weighted by Gasteiger charge is 1.87. The van der Waals surface area contributed by atoms with Gasteiger partial charge in [-0.15, -0.1) is 0 Å². The predicted octanol–water partition coefficient (Wildman–Crippen LogP) is 0.762. The zero-order chi connectivity index (χ0) is 8.69. The van der Waals surface area contributed by atoms with E-state index in [4.69, 9.17) is 5.41 Å². The van der Waals surface area contributed by atoms with Gasteiger partial charge in [-0.05, 0) is 6.92 Å². The first-order valence-electron chi connectivity index (χ1n) is 3.25. The van der Waals surface area contributed by atoms with Gasteiger partial charge in [0.1, 0.15) is 0 Å². The van der Waals surface area contributed by atoms with Gasteiger partial charge in [-0.2, -0.15) is 0 Å². The number of nitrogens with one attached hydrogen (secondary N) is 2. The van der Waals surface area contributed by atoms with E-state index in [1.165, 1.54) is 13.3 Å². The average molecular weight is 155 g/mol. The van der Waals surface area contributed by atoms with Crippen molar-refractivity contribution in [2.24, 2.45) is 4.99 Å². The number of amidine groups is 1. The third-order valence-electron chi connectivity index (χ3n) is 1.11. The highest BCUT2D eigenvalue weighted by molar-refractivity contribution is 5.88. The number of ether oxygens (including phenoxy) is 1. The molecule has 0 atom stereocenters. The summed E-state index contributed by atoms with van der Waals surface area (Å²) in [5.74, 6) is 0. The maximum absolute atomic E-state index is 7.01. The summed E-state index contributed by atoms with van der Waals surface area (Å²) in [6.45, 7) is 1.88. The summed E-state index contributed by atoms with van der Waals surface area (Å²) in [6, 6.07) is -0.0976. The standard InChI is InChI=1S/C7H13N3O/c1-4-6(9-2)5-10-7(8)11-3/h4-5,8-9H,1-3H3/b6-4+,8-7?,10-5?. The molecular weight excluding hydrogens is 142 g/mol. The summed E-state index contributed by atoms with van der Waals surface area (Å²) in [7, 11) is 3.20. The summed E-state index contributed by atoms with van der Waals surface area (Å²) in [4.78, 5) is 3.69. The van der Waals surface area contributed by atoms with Crippen molar-refractivity contribution in [3.8, 4) is 0 Å². The minimum atomic E-state index is -0.0976. The molecule has 0 amide bonds. The van der Waals surface area contributed by atoms with Crippen molar-refractivity contribution in [3.05, 3.63) is 11.8 Å². The molecule has 0 unspecified atom stereocenters. The fourth-order valence-corrected chi connectivity index (χ4v) is 0.464. The number of allylic oxidation sites excluding steroid dienone is 2. The second-order valence-electron chi connectivity index (χ2n) is 1.76. The van der Waals surface area contributed by atoms with Crippen LogP contribution in [0, 0.1) is 5.41 Å². The summed E-state index contributed by atoms with van der Waals surface area (Å²) in [6.07, 6.45) is 3.39. The Labute approximate surface area is 66.5 Å². The van der Waals surface area contributed by atoms with Gasteiger partial charge >= 0.3 is 6.02 Å². The number of nitrogens with zero attached hydrogens (tertiary/aromatic N) is 1. The molecule has 0 radical (unpaired) electrons. The first-order chi connectivity index (χ1) is 5.24. The largest absolute Gasteiger partial charge is 0.467 e. The van der Waals surface area contributed by atoms with E-state index >= 15 is 0 Å². The Bertz CT molecular complexity index is 184. The first kappa shape index (κ1) is 9.68. The summed E-state index contributed by atoms with van der Waals surface area (Å²) >= 11 is 0. The van der Waals surface area contributed by atoms with Crippen molar-refractivity contribution >= 4 is 12.2 Å². The monoisotopic (exact) mass is 155 g/mol. The van der Waals surface area contributed by atoms with Crippen molar-refractivity contribution in [2.75, 3.05) is 14.2 Å². The SMILES string of the molecule is C/C=C(\C=NC(=N)OC)NC. The molecule has 62 valence electrons. The van der Waals surface area contributed by atoms with Crippen LogP contribution in [0.25, 0.3) is 0 Å². The van der Waals surface area contributed by atoms with Gasteiger partial charge in [0.15, 0.2) is 0 Å². The van der Waals surface area contributed by atoms with Crippen LogP contribution in [0.2, 0.25) is 0 Å². The maximum Gasteiger partial charge on any atom is 0.308 e. The molecule has 0 heterocycles. The lowest BCUT2D eigenvalue weighted by Gasteiger charge is -1.97. The Morgan fingerprint density at radius 2 is 2.27 bits per heavy atom. The molecule has 4 heteroatoms. The molecule has 0 rings (SSSR count). The molecule has 0 aliphatic rings. The van der Waals surface area contributed by atoms with Crippen molar-refractivity contribution in [1.82, 2.24) is 5.32 Å². The van der Waals surface area contributed by atoms with E-state index in [-0.39, 0.29) is 6.02 Å².